The maximum Gasteiger partial charge on any atom is 0.333 e. The normalized spacial score (nSPS) is 17.7. The van der Waals surface area contributed by atoms with Crippen LogP contribution in [-0.4, -0.2) is 6.85 Å². The van der Waals surface area contributed by atoms with E-state index in [0.29, 0.717) is 0 Å². The van der Waals surface area contributed by atoms with Gasteiger partial charge in [-0.05, 0) is 111 Å². The zero-order valence-electron chi connectivity index (χ0n) is 33.8. The van der Waals surface area contributed by atoms with E-state index in [2.05, 4.69) is 179 Å². The van der Waals surface area contributed by atoms with Crippen LogP contribution in [-0.2, 0) is 16.2 Å². The number of fused-ring (bicyclic) bond motifs is 15. The molecule has 9 aromatic rings. The standard InChI is InChI=1S/C53H43BN2OS/c1-51(2)26-27-52(3,4)37-28-30(22-23-34(37)51)56-40-24-25-42-46(31-14-7-11-20-41(31)57-42)45(40)33-29-44-47(32-15-8-12-21-43(32)58-44)50-48(33)54(56)38-18-13-17-36-49(38)55(50)39-19-10-9-16-35(39)53(36,5)6/h7-25,28-29H,26-27H2,1-6H3. The molecular weight excluding hydrogens is 723 g/mol. The molecule has 0 bridgehead atoms. The van der Waals surface area contributed by atoms with Crippen molar-refractivity contribution >= 4 is 99.7 Å². The minimum Gasteiger partial charge on any atom is -0.456 e. The number of thiophene rings is 1. The molecule has 0 unspecified atom stereocenters. The Morgan fingerprint density at radius 3 is 2.17 bits per heavy atom. The van der Waals surface area contributed by atoms with Gasteiger partial charge in [0.2, 0.25) is 0 Å². The molecule has 3 aliphatic heterocycles. The fourth-order valence-corrected chi connectivity index (χ4v) is 12.8. The van der Waals surface area contributed by atoms with Crippen LogP contribution in [0.3, 0.4) is 0 Å². The second kappa shape index (κ2) is 10.8. The maximum atomic E-state index is 6.70. The molecule has 0 spiro atoms. The van der Waals surface area contributed by atoms with Crippen molar-refractivity contribution in [2.45, 2.75) is 70.6 Å². The van der Waals surface area contributed by atoms with Gasteiger partial charge in [-0.3, -0.25) is 0 Å². The van der Waals surface area contributed by atoms with Crippen LogP contribution in [0.15, 0.2) is 132 Å². The van der Waals surface area contributed by atoms with Gasteiger partial charge in [-0.1, -0.05) is 120 Å². The van der Waals surface area contributed by atoms with Gasteiger partial charge in [-0.15, -0.1) is 11.3 Å². The molecule has 58 heavy (non-hydrogen) atoms. The molecule has 5 heteroatoms. The summed E-state index contributed by atoms with van der Waals surface area (Å²) in [7, 11) is 0. The number of hydrogen-bond acceptors (Lipinski definition) is 4. The molecule has 13 rings (SSSR count). The SMILES string of the molecule is CC1(C)CCC(C)(C)c2cc(N3B4c5cccc6c5N(c5ccccc5C6(C)C)c5c4c(cc4sc6ccccc6c54)-c4c3ccc3oc5ccccc5c43)ccc21. The lowest BCUT2D eigenvalue weighted by molar-refractivity contribution is 0.332. The van der Waals surface area contributed by atoms with Gasteiger partial charge in [-0.2, -0.15) is 0 Å². The van der Waals surface area contributed by atoms with E-state index >= 15 is 0 Å². The molecule has 0 fully saturated rings. The highest BCUT2D eigenvalue weighted by atomic mass is 32.1. The van der Waals surface area contributed by atoms with Gasteiger partial charge < -0.3 is 14.1 Å². The lowest BCUT2D eigenvalue weighted by Crippen LogP contribution is -2.62. The Morgan fingerprint density at radius 1 is 0.569 bits per heavy atom. The van der Waals surface area contributed by atoms with Crippen LogP contribution in [0.1, 0.15) is 76.6 Å². The summed E-state index contributed by atoms with van der Waals surface area (Å²) in [5, 5.41) is 5.03. The second-order valence-corrected chi connectivity index (χ2v) is 20.2. The van der Waals surface area contributed by atoms with E-state index in [1.54, 1.807) is 0 Å². The van der Waals surface area contributed by atoms with Gasteiger partial charge in [-0.25, -0.2) is 0 Å². The number of hydrogen-bond donors (Lipinski definition) is 0. The Morgan fingerprint density at radius 2 is 1.31 bits per heavy atom. The van der Waals surface area contributed by atoms with Crippen LogP contribution in [0.5, 0.6) is 0 Å². The van der Waals surface area contributed by atoms with E-state index < -0.39 is 0 Å². The van der Waals surface area contributed by atoms with Gasteiger partial charge in [0.15, 0.2) is 0 Å². The van der Waals surface area contributed by atoms with Gasteiger partial charge >= 0.3 is 6.85 Å². The first kappa shape index (κ1) is 33.2. The predicted molar refractivity (Wildman–Crippen MR) is 248 cm³/mol. The molecule has 4 aliphatic rings. The lowest BCUT2D eigenvalue weighted by atomic mass is 9.42. The molecule has 0 N–H and O–H groups in total. The average molecular weight is 767 g/mol. The average Bonchev–Trinajstić information content (AvgIpc) is 3.80. The zero-order valence-corrected chi connectivity index (χ0v) is 34.6. The molecule has 0 atom stereocenters. The summed E-state index contributed by atoms with van der Waals surface area (Å²) in [4.78, 5) is 5.40. The van der Waals surface area contributed by atoms with Crippen molar-refractivity contribution in [1.82, 2.24) is 0 Å². The molecule has 0 amide bonds. The topological polar surface area (TPSA) is 19.6 Å². The Kier molecular flexibility index (Phi) is 6.20. The number of furan rings is 1. The Balaban J connectivity index is 1.25. The summed E-state index contributed by atoms with van der Waals surface area (Å²) in [6, 6.07) is 48.6. The number of rotatable bonds is 1. The second-order valence-electron chi connectivity index (χ2n) is 19.1. The van der Waals surface area contributed by atoms with Gasteiger partial charge in [0.25, 0.3) is 0 Å². The van der Waals surface area contributed by atoms with E-state index in [4.69, 9.17) is 4.42 Å². The summed E-state index contributed by atoms with van der Waals surface area (Å²) in [5.74, 6) is 0. The molecule has 0 radical (unpaired) electrons. The van der Waals surface area contributed by atoms with Crippen molar-refractivity contribution in [2.24, 2.45) is 0 Å². The van der Waals surface area contributed by atoms with E-state index in [0.717, 1.165) is 16.6 Å². The predicted octanol–water partition coefficient (Wildman–Crippen LogP) is 13.6. The molecule has 280 valence electrons. The zero-order chi connectivity index (χ0) is 39.0. The number of para-hydroxylation sites is 3. The highest BCUT2D eigenvalue weighted by molar-refractivity contribution is 7.26. The monoisotopic (exact) mass is 766 g/mol. The van der Waals surface area contributed by atoms with Crippen LogP contribution < -0.4 is 20.6 Å². The smallest absolute Gasteiger partial charge is 0.333 e. The first-order valence-electron chi connectivity index (χ1n) is 20.9. The van der Waals surface area contributed by atoms with Crippen molar-refractivity contribution in [3.8, 4) is 11.1 Å². The van der Waals surface area contributed by atoms with Crippen LogP contribution in [0, 0.1) is 0 Å². The van der Waals surface area contributed by atoms with Gasteiger partial charge in [0, 0.05) is 59.0 Å². The molecular formula is C53H43BN2OS. The molecule has 1 aliphatic carbocycles. The number of anilines is 5. The van der Waals surface area contributed by atoms with Crippen molar-refractivity contribution in [3.63, 3.8) is 0 Å². The minimum atomic E-state index is -0.190. The largest absolute Gasteiger partial charge is 0.456 e. The summed E-state index contributed by atoms with van der Waals surface area (Å²) in [6.07, 6.45) is 2.36. The highest BCUT2D eigenvalue weighted by Crippen LogP contribution is 2.59. The third-order valence-corrected chi connectivity index (χ3v) is 15.8. The molecule has 3 nitrogen and oxygen atoms in total. The Hall–Kier alpha value is -5.78. The van der Waals surface area contributed by atoms with Crippen LogP contribution in [0.2, 0.25) is 0 Å². The van der Waals surface area contributed by atoms with Crippen LogP contribution in [0.25, 0.3) is 53.2 Å². The molecule has 0 saturated carbocycles. The van der Waals surface area contributed by atoms with Crippen molar-refractivity contribution in [2.75, 3.05) is 9.71 Å². The third kappa shape index (κ3) is 4.01. The Bertz CT molecular complexity index is 3310. The van der Waals surface area contributed by atoms with E-state index in [1.807, 2.05) is 11.3 Å². The third-order valence-electron chi connectivity index (χ3n) is 14.7. The first-order valence-corrected chi connectivity index (χ1v) is 21.7. The summed E-state index contributed by atoms with van der Waals surface area (Å²) in [6.45, 7) is 14.5. The van der Waals surface area contributed by atoms with Crippen molar-refractivity contribution in [3.05, 3.63) is 150 Å². The van der Waals surface area contributed by atoms with Crippen molar-refractivity contribution in [1.29, 1.82) is 0 Å². The van der Waals surface area contributed by atoms with E-state index in [-0.39, 0.29) is 23.1 Å². The fraction of sp³-hybridized carbons (Fsp3) is 0.208. The molecule has 2 aromatic heterocycles. The van der Waals surface area contributed by atoms with E-state index in [9.17, 15) is 0 Å². The highest BCUT2D eigenvalue weighted by Gasteiger charge is 2.51. The minimum absolute atomic E-state index is 0.0675. The summed E-state index contributed by atoms with van der Waals surface area (Å²) in [5.41, 5.74) is 19.3. The maximum absolute atomic E-state index is 6.70. The van der Waals surface area contributed by atoms with Gasteiger partial charge in [0.05, 0.1) is 11.4 Å². The molecule has 5 heterocycles. The number of nitrogens with zero attached hydrogens (tertiary/aromatic N) is 2. The van der Waals surface area contributed by atoms with Crippen LogP contribution >= 0.6 is 11.3 Å². The van der Waals surface area contributed by atoms with Crippen molar-refractivity contribution < 1.29 is 4.42 Å². The first-order chi connectivity index (χ1) is 28.0. The van der Waals surface area contributed by atoms with E-state index in [1.165, 1.54) is 111 Å². The fourth-order valence-electron chi connectivity index (χ4n) is 11.7. The van der Waals surface area contributed by atoms with Crippen LogP contribution in [0.4, 0.5) is 28.4 Å². The summed E-state index contributed by atoms with van der Waals surface area (Å²) < 4.78 is 9.34. The molecule has 7 aromatic carbocycles. The Labute approximate surface area is 343 Å². The molecule has 0 saturated heterocycles. The number of benzene rings is 7. The van der Waals surface area contributed by atoms with Gasteiger partial charge in [0.1, 0.15) is 11.2 Å². The lowest BCUT2D eigenvalue weighted by Gasteiger charge is -2.51. The quantitative estimate of drug-likeness (QED) is 0.155. The summed E-state index contributed by atoms with van der Waals surface area (Å²) >= 11 is 1.92.